The molecule has 1 fully saturated rings. The number of hydrogen-bond acceptors (Lipinski definition) is 2. The summed E-state index contributed by atoms with van der Waals surface area (Å²) in [7, 11) is 0. The van der Waals surface area contributed by atoms with Crippen LogP contribution >= 0.6 is 11.6 Å². The van der Waals surface area contributed by atoms with Crippen molar-refractivity contribution in [3.05, 3.63) is 64.8 Å². The number of para-hydroxylation sites is 2. The molecule has 118 valence electrons. The summed E-state index contributed by atoms with van der Waals surface area (Å²) in [5, 5.41) is 0.467. The van der Waals surface area contributed by atoms with Gasteiger partial charge in [-0.05, 0) is 55.5 Å². The van der Waals surface area contributed by atoms with Crippen molar-refractivity contribution < 1.29 is 16.4 Å². The minimum atomic E-state index is -3.22. The molecule has 0 amide bonds. The number of likely N-dealkylation sites (tertiary alicyclic amines) is 1. The molecule has 0 radical (unpaired) electrons. The molecule has 23 heavy (non-hydrogen) atoms. The zero-order valence-electron chi connectivity index (χ0n) is 23.9. The lowest BCUT2D eigenvalue weighted by molar-refractivity contribution is 0.318. The number of nitrogens with zero attached hydrogens (tertiary/aromatic N) is 3. The number of benzene rings is 2. The molecule has 2 aromatic carbocycles. The molecule has 0 bridgehead atoms. The minimum Gasteiger partial charge on any atom is -0.322 e. The number of rotatable bonds is 4. The Kier molecular flexibility index (Phi) is 1.81. The van der Waals surface area contributed by atoms with Gasteiger partial charge in [0.15, 0.2) is 0 Å². The van der Waals surface area contributed by atoms with Crippen molar-refractivity contribution in [3.63, 3.8) is 0 Å². The molecule has 1 aliphatic heterocycles. The number of aromatic nitrogens is 2. The van der Waals surface area contributed by atoms with E-state index in [2.05, 4.69) is 4.98 Å². The van der Waals surface area contributed by atoms with E-state index in [0.29, 0.717) is 15.5 Å². The molecule has 3 aromatic rings. The molecule has 4 heteroatoms. The highest BCUT2D eigenvalue weighted by atomic mass is 35.5. The summed E-state index contributed by atoms with van der Waals surface area (Å²) < 4.78 is 99.1. The van der Waals surface area contributed by atoms with Gasteiger partial charge in [0.2, 0.25) is 0 Å². The van der Waals surface area contributed by atoms with E-state index in [1.54, 1.807) is 24.3 Å². The highest BCUT2D eigenvalue weighted by Crippen LogP contribution is 2.21. The Hall–Kier alpha value is -1.84. The lowest BCUT2D eigenvalue weighted by Gasteiger charge is -2.16. The number of hydrogen-bond donors (Lipinski definition) is 0. The average Bonchev–Trinajstić information content (AvgIpc) is 3.15. The monoisotopic (exact) mass is 337 g/mol. The normalized spacial score (nSPS) is 31.9. The first kappa shape index (κ1) is 6.58. The van der Waals surface area contributed by atoms with Gasteiger partial charge in [0.25, 0.3) is 0 Å². The second-order valence-electron chi connectivity index (χ2n) is 5.00. The fraction of sp³-hybridized carbons (Fsp3) is 0.316. The van der Waals surface area contributed by atoms with E-state index in [0.717, 1.165) is 0 Å². The molecule has 1 saturated heterocycles. The van der Waals surface area contributed by atoms with E-state index in [4.69, 9.17) is 28.1 Å². The van der Waals surface area contributed by atoms with Crippen LogP contribution in [-0.4, -0.2) is 27.4 Å². The molecular weight excluding hydrogens is 306 g/mol. The van der Waals surface area contributed by atoms with Crippen molar-refractivity contribution in [2.75, 3.05) is 13.0 Å². The van der Waals surface area contributed by atoms with Gasteiger partial charge in [0.05, 0.1) is 23.1 Å². The summed E-state index contributed by atoms with van der Waals surface area (Å²) in [4.78, 5) is 4.70. The molecule has 0 N–H and O–H groups in total. The Morgan fingerprint density at radius 3 is 2.61 bits per heavy atom. The van der Waals surface area contributed by atoms with Crippen LogP contribution in [0.3, 0.4) is 0 Å². The number of fused-ring (bicyclic) bond motifs is 1. The Morgan fingerprint density at radius 2 is 1.83 bits per heavy atom. The molecule has 4 rings (SSSR count). The van der Waals surface area contributed by atoms with Crippen molar-refractivity contribution in [1.82, 2.24) is 14.5 Å². The third-order valence-corrected chi connectivity index (χ3v) is 3.72. The maximum Gasteiger partial charge on any atom is 0.124 e. The van der Waals surface area contributed by atoms with Gasteiger partial charge < -0.3 is 4.57 Å². The summed E-state index contributed by atoms with van der Waals surface area (Å²) in [5.74, 6) is -0.0804. The summed E-state index contributed by atoms with van der Waals surface area (Å²) in [6.07, 6.45) is -6.44. The standard InChI is InChI=1S/C19H20ClN3/c20-16-9-7-15(8-10-16)13-23-18-6-2-1-5-17(18)21-19(23)14-22-11-3-4-12-22/h1-2,5-10H,3-4,11-14H2/i1D,2D,3D2,4D2,5D,6D,11D2,12D2. The molecule has 0 spiro atoms. The highest BCUT2D eigenvalue weighted by Gasteiger charge is 2.17. The summed E-state index contributed by atoms with van der Waals surface area (Å²) in [6, 6.07) is 4.72. The smallest absolute Gasteiger partial charge is 0.124 e. The molecule has 0 atom stereocenters. The van der Waals surface area contributed by atoms with Crippen LogP contribution in [-0.2, 0) is 13.1 Å². The van der Waals surface area contributed by atoms with Crippen LogP contribution in [0.2, 0.25) is 5.02 Å². The van der Waals surface area contributed by atoms with Crippen molar-refractivity contribution in [3.8, 4) is 0 Å². The molecule has 3 nitrogen and oxygen atoms in total. The van der Waals surface area contributed by atoms with Gasteiger partial charge in [0, 0.05) is 22.5 Å². The largest absolute Gasteiger partial charge is 0.322 e. The molecule has 0 unspecified atom stereocenters. The lowest BCUT2D eigenvalue weighted by Crippen LogP contribution is -2.21. The Bertz CT molecular complexity index is 1290. The van der Waals surface area contributed by atoms with E-state index in [9.17, 15) is 0 Å². The van der Waals surface area contributed by atoms with Crippen LogP contribution in [0.5, 0.6) is 0 Å². The SMILES string of the molecule is [2H]c1c([2H])c([2H])c2c(nc(CN3C([2H])([2H])C([2H])([2H])C([2H])([2H])C3([2H])[2H])n2Cc2ccc(Cl)cc2)c1[2H]. The average molecular weight is 338 g/mol. The molecule has 2 heterocycles. The van der Waals surface area contributed by atoms with E-state index >= 15 is 0 Å². The first-order chi connectivity index (χ1) is 16.0. The summed E-state index contributed by atoms with van der Waals surface area (Å²) in [6.45, 7) is -6.87. The lowest BCUT2D eigenvalue weighted by atomic mass is 10.2. The van der Waals surface area contributed by atoms with Gasteiger partial charge in [-0.25, -0.2) is 4.98 Å². The Labute approximate surface area is 158 Å². The predicted octanol–water partition coefficient (Wildman–Crippen LogP) is 4.33. The maximum atomic E-state index is 8.39. The molecule has 0 aliphatic carbocycles. The fourth-order valence-electron chi connectivity index (χ4n) is 2.40. The van der Waals surface area contributed by atoms with Gasteiger partial charge in [-0.1, -0.05) is 35.8 Å². The third-order valence-electron chi connectivity index (χ3n) is 3.47. The van der Waals surface area contributed by atoms with Gasteiger partial charge >= 0.3 is 0 Å². The van der Waals surface area contributed by atoms with E-state index in [1.807, 2.05) is 0 Å². The Balaban J connectivity index is 1.94. The Morgan fingerprint density at radius 1 is 1.09 bits per heavy atom. The van der Waals surface area contributed by atoms with Crippen LogP contribution in [0.25, 0.3) is 11.0 Å². The van der Waals surface area contributed by atoms with E-state index in [1.165, 1.54) is 4.57 Å². The summed E-state index contributed by atoms with van der Waals surface area (Å²) >= 11 is 5.95. The number of halogens is 1. The van der Waals surface area contributed by atoms with Gasteiger partial charge in [-0.15, -0.1) is 0 Å². The summed E-state index contributed by atoms with van der Waals surface area (Å²) in [5.41, 5.74) is 0.541. The molecule has 1 aliphatic rings. The predicted molar refractivity (Wildman–Crippen MR) is 94.8 cm³/mol. The van der Waals surface area contributed by atoms with Crippen LogP contribution in [0.4, 0.5) is 0 Å². The van der Waals surface area contributed by atoms with Crippen molar-refractivity contribution in [2.24, 2.45) is 0 Å². The van der Waals surface area contributed by atoms with Gasteiger partial charge in [-0.3, -0.25) is 4.90 Å². The van der Waals surface area contributed by atoms with E-state index in [-0.39, 0.29) is 23.4 Å². The van der Waals surface area contributed by atoms with Gasteiger partial charge in [0.1, 0.15) is 5.82 Å². The van der Waals surface area contributed by atoms with Crippen LogP contribution in [0.1, 0.15) is 40.6 Å². The van der Waals surface area contributed by atoms with Crippen molar-refractivity contribution in [2.45, 2.75) is 25.8 Å². The maximum absolute atomic E-state index is 8.39. The van der Waals surface area contributed by atoms with Gasteiger partial charge in [-0.2, -0.15) is 0 Å². The van der Waals surface area contributed by atoms with Crippen LogP contribution < -0.4 is 0 Å². The van der Waals surface area contributed by atoms with Crippen molar-refractivity contribution >= 4 is 22.6 Å². The van der Waals surface area contributed by atoms with Crippen LogP contribution in [0.15, 0.2) is 48.4 Å². The topological polar surface area (TPSA) is 21.1 Å². The third kappa shape index (κ3) is 3.12. The first-order valence-corrected chi connectivity index (χ1v) is 7.32. The first-order valence-electron chi connectivity index (χ1n) is 12.9. The fourth-order valence-corrected chi connectivity index (χ4v) is 2.52. The zero-order valence-corrected chi connectivity index (χ0v) is 12.7. The number of imidazole rings is 1. The quantitative estimate of drug-likeness (QED) is 0.706. The molecular formula is C19H20ClN3. The highest BCUT2D eigenvalue weighted by molar-refractivity contribution is 6.30. The minimum absolute atomic E-state index is 0.00470. The second-order valence-corrected chi connectivity index (χ2v) is 5.43. The van der Waals surface area contributed by atoms with Crippen LogP contribution in [0, 0.1) is 0 Å². The van der Waals surface area contributed by atoms with E-state index < -0.39 is 56.5 Å². The van der Waals surface area contributed by atoms with Crippen molar-refractivity contribution in [1.29, 1.82) is 0 Å². The molecule has 0 saturated carbocycles. The second kappa shape index (κ2) is 6.34. The zero-order chi connectivity index (χ0) is 26.3. The molecule has 1 aromatic heterocycles.